The Morgan fingerprint density at radius 1 is 1.16 bits per heavy atom. The summed E-state index contributed by atoms with van der Waals surface area (Å²) >= 11 is 1.15. The van der Waals surface area contributed by atoms with Crippen molar-refractivity contribution in [1.82, 2.24) is 29.2 Å². The lowest BCUT2D eigenvalue weighted by molar-refractivity contribution is -0.138. The summed E-state index contributed by atoms with van der Waals surface area (Å²) in [6.07, 6.45) is -3.26. The number of thiophene rings is 1. The third-order valence-corrected chi connectivity index (χ3v) is 10.4. The van der Waals surface area contributed by atoms with Crippen LogP contribution in [-0.2, 0) is 10.0 Å². The maximum absolute atomic E-state index is 13.3. The molecule has 43 heavy (non-hydrogen) atoms. The number of halogens is 3. The van der Waals surface area contributed by atoms with Gasteiger partial charge in [-0.05, 0) is 38.1 Å². The molecular weight excluding hydrogens is 607 g/mol. The molecule has 0 spiro atoms. The normalized spacial score (nSPS) is 16.0. The number of piperazine rings is 1. The zero-order valence-corrected chi connectivity index (χ0v) is 25.3. The summed E-state index contributed by atoms with van der Waals surface area (Å²) in [5.41, 5.74) is 1.02. The number of aryl methyl sites for hydroxylation is 1. The molecule has 230 valence electrons. The van der Waals surface area contributed by atoms with E-state index in [0.29, 0.717) is 65.2 Å². The average Bonchev–Trinajstić information content (AvgIpc) is 3.62. The number of hydrogen-bond donors (Lipinski definition) is 1. The van der Waals surface area contributed by atoms with Gasteiger partial charge in [0.1, 0.15) is 22.9 Å². The highest BCUT2D eigenvalue weighted by Crippen LogP contribution is 2.33. The Bertz CT molecular complexity index is 1720. The lowest BCUT2D eigenvalue weighted by atomic mass is 10.1. The summed E-state index contributed by atoms with van der Waals surface area (Å²) in [7, 11) is -2.56. The monoisotopic (exact) mass is 637 g/mol. The maximum atomic E-state index is 13.3. The number of hydrogen-bond acceptors (Lipinski definition) is 10. The zero-order valence-electron chi connectivity index (χ0n) is 23.6. The van der Waals surface area contributed by atoms with Gasteiger partial charge in [0.2, 0.25) is 0 Å². The highest BCUT2D eigenvalue weighted by molar-refractivity contribution is 7.91. The van der Waals surface area contributed by atoms with Gasteiger partial charge in [0, 0.05) is 57.3 Å². The third-order valence-electron chi connectivity index (χ3n) is 6.95. The first kappa shape index (κ1) is 30.8. The number of aromatic nitrogens is 3. The standard InChI is InChI=1S/C27H30F3N7O4S2/c1-17-13-21(41-34-17)22-7-8-23(42-22)43(39,40)37-11-9-36(10-12-37)14-18(2)33-25-19-5-4-6-20(24(19)31-16-32-25)26(38)35(3)15-27(28,29)30/h4-8,13,16,18H,9-12,14-15H2,1-3H3,(H,31,32,33)/t18-/m0/s1. The minimum atomic E-state index is -4.52. The summed E-state index contributed by atoms with van der Waals surface area (Å²) in [4.78, 5) is 24.7. The fraction of sp³-hybridized carbons (Fsp3) is 0.407. The van der Waals surface area contributed by atoms with E-state index in [2.05, 4.69) is 25.3 Å². The van der Waals surface area contributed by atoms with E-state index in [1.165, 1.54) is 16.7 Å². The molecule has 0 aliphatic carbocycles. The lowest BCUT2D eigenvalue weighted by Gasteiger charge is -2.35. The molecule has 0 radical (unpaired) electrons. The molecular formula is C27H30F3N7O4S2. The van der Waals surface area contributed by atoms with Crippen molar-refractivity contribution in [3.8, 4) is 10.6 Å². The molecule has 1 N–H and O–H groups in total. The summed E-state index contributed by atoms with van der Waals surface area (Å²) in [5.74, 6) is 0.186. The van der Waals surface area contributed by atoms with Crippen LogP contribution in [0.25, 0.3) is 21.5 Å². The molecule has 0 unspecified atom stereocenters. The van der Waals surface area contributed by atoms with Gasteiger partial charge in [-0.15, -0.1) is 11.3 Å². The quantitative estimate of drug-likeness (QED) is 0.289. The zero-order chi connectivity index (χ0) is 30.9. The van der Waals surface area contributed by atoms with E-state index in [1.807, 2.05) is 6.92 Å². The largest absolute Gasteiger partial charge is 0.406 e. The van der Waals surface area contributed by atoms with Crippen LogP contribution in [-0.4, -0.2) is 102 Å². The topological polar surface area (TPSA) is 125 Å². The summed E-state index contributed by atoms with van der Waals surface area (Å²) in [6.45, 7) is 4.67. The Balaban J connectivity index is 1.20. The first-order chi connectivity index (χ1) is 20.3. The SMILES string of the molecule is Cc1cc(-c2ccc(S(=O)(=O)N3CCN(C[C@H](C)Nc4ncnc5c(C(=O)N(C)CC(F)(F)F)cccc45)CC3)s2)on1. The van der Waals surface area contributed by atoms with Gasteiger partial charge >= 0.3 is 6.18 Å². The second kappa shape index (κ2) is 12.2. The highest BCUT2D eigenvalue weighted by atomic mass is 32.2. The Kier molecular flexibility index (Phi) is 8.74. The molecule has 1 aliphatic heterocycles. The van der Waals surface area contributed by atoms with Crippen molar-refractivity contribution in [2.24, 2.45) is 0 Å². The van der Waals surface area contributed by atoms with Crippen LogP contribution in [0.5, 0.6) is 0 Å². The number of amides is 1. The van der Waals surface area contributed by atoms with Crippen molar-refractivity contribution < 1.29 is 30.9 Å². The number of carbonyl (C=O) groups excluding carboxylic acids is 1. The van der Waals surface area contributed by atoms with Crippen LogP contribution in [0.4, 0.5) is 19.0 Å². The number of sulfonamides is 1. The van der Waals surface area contributed by atoms with E-state index in [0.717, 1.165) is 18.4 Å². The first-order valence-corrected chi connectivity index (χ1v) is 15.7. The second-order valence-electron chi connectivity index (χ2n) is 10.4. The molecule has 16 heteroatoms. The number of fused-ring (bicyclic) bond motifs is 1. The van der Waals surface area contributed by atoms with Crippen LogP contribution in [0.2, 0.25) is 0 Å². The molecule has 0 saturated carbocycles. The number of carbonyl (C=O) groups is 1. The van der Waals surface area contributed by atoms with E-state index in [9.17, 15) is 26.4 Å². The van der Waals surface area contributed by atoms with Crippen LogP contribution in [0.15, 0.2) is 51.5 Å². The van der Waals surface area contributed by atoms with Gasteiger partial charge < -0.3 is 14.7 Å². The van der Waals surface area contributed by atoms with Crippen molar-refractivity contribution in [3.63, 3.8) is 0 Å². The number of para-hydroxylation sites is 1. The van der Waals surface area contributed by atoms with Crippen LogP contribution >= 0.6 is 11.3 Å². The average molecular weight is 638 g/mol. The van der Waals surface area contributed by atoms with Gasteiger partial charge in [-0.25, -0.2) is 18.4 Å². The summed E-state index contributed by atoms with van der Waals surface area (Å²) in [5, 5.41) is 7.68. The molecule has 4 heterocycles. The number of rotatable bonds is 9. The Morgan fingerprint density at radius 2 is 1.91 bits per heavy atom. The van der Waals surface area contributed by atoms with Crippen LogP contribution in [0.3, 0.4) is 0 Å². The fourth-order valence-corrected chi connectivity index (χ4v) is 7.77. The van der Waals surface area contributed by atoms with Crippen molar-refractivity contribution in [2.75, 3.05) is 51.6 Å². The van der Waals surface area contributed by atoms with Crippen molar-refractivity contribution in [3.05, 3.63) is 54.0 Å². The van der Waals surface area contributed by atoms with Crippen molar-refractivity contribution in [1.29, 1.82) is 0 Å². The molecule has 11 nitrogen and oxygen atoms in total. The Labute approximate surface area is 250 Å². The lowest BCUT2D eigenvalue weighted by Crippen LogP contribution is -2.50. The predicted octanol–water partition coefficient (Wildman–Crippen LogP) is 4.10. The van der Waals surface area contributed by atoms with E-state index in [-0.39, 0.29) is 21.3 Å². The molecule has 1 aromatic carbocycles. The molecule has 5 rings (SSSR count). The van der Waals surface area contributed by atoms with Crippen molar-refractivity contribution >= 4 is 44.0 Å². The van der Waals surface area contributed by atoms with E-state index < -0.39 is 28.7 Å². The van der Waals surface area contributed by atoms with Crippen LogP contribution in [0.1, 0.15) is 23.0 Å². The van der Waals surface area contributed by atoms with Crippen LogP contribution in [0, 0.1) is 6.92 Å². The van der Waals surface area contributed by atoms with E-state index in [1.54, 1.807) is 37.3 Å². The Hall–Kier alpha value is -3.60. The number of benzene rings is 1. The molecule has 1 amide bonds. The van der Waals surface area contributed by atoms with Crippen molar-refractivity contribution in [2.45, 2.75) is 30.3 Å². The first-order valence-electron chi connectivity index (χ1n) is 13.4. The summed E-state index contributed by atoms with van der Waals surface area (Å²) in [6, 6.07) is 9.67. The highest BCUT2D eigenvalue weighted by Gasteiger charge is 2.33. The van der Waals surface area contributed by atoms with E-state index in [4.69, 9.17) is 4.52 Å². The molecule has 1 fully saturated rings. The van der Waals surface area contributed by atoms with Gasteiger partial charge in [0.15, 0.2) is 5.76 Å². The minimum Gasteiger partial charge on any atom is -0.366 e. The van der Waals surface area contributed by atoms with E-state index >= 15 is 0 Å². The second-order valence-corrected chi connectivity index (χ2v) is 13.7. The Morgan fingerprint density at radius 3 is 2.58 bits per heavy atom. The molecule has 0 bridgehead atoms. The summed E-state index contributed by atoms with van der Waals surface area (Å²) < 4.78 is 72.1. The fourth-order valence-electron chi connectivity index (χ4n) is 4.94. The molecule has 1 saturated heterocycles. The molecule has 1 aliphatic rings. The number of nitrogens with one attached hydrogen (secondary N) is 1. The minimum absolute atomic E-state index is 0.0495. The maximum Gasteiger partial charge on any atom is 0.406 e. The van der Waals surface area contributed by atoms with Gasteiger partial charge in [-0.1, -0.05) is 11.2 Å². The van der Waals surface area contributed by atoms with Gasteiger partial charge in [-0.2, -0.15) is 17.5 Å². The van der Waals surface area contributed by atoms with Gasteiger partial charge in [-0.3, -0.25) is 9.69 Å². The predicted molar refractivity (Wildman–Crippen MR) is 155 cm³/mol. The molecule has 3 aromatic heterocycles. The number of alkyl halides is 3. The van der Waals surface area contributed by atoms with Gasteiger partial charge in [0.25, 0.3) is 15.9 Å². The number of anilines is 1. The number of nitrogens with zero attached hydrogens (tertiary/aromatic N) is 6. The molecule has 4 aromatic rings. The van der Waals surface area contributed by atoms with Gasteiger partial charge in [0.05, 0.1) is 21.7 Å². The smallest absolute Gasteiger partial charge is 0.366 e. The molecule has 1 atom stereocenters. The third kappa shape index (κ3) is 6.98. The van der Waals surface area contributed by atoms with Crippen LogP contribution < -0.4 is 5.32 Å².